The lowest BCUT2D eigenvalue weighted by Gasteiger charge is -2.02. The third kappa shape index (κ3) is 4.06. The summed E-state index contributed by atoms with van der Waals surface area (Å²) >= 11 is 0. The molecule has 0 atom stereocenters. The van der Waals surface area contributed by atoms with Crippen molar-refractivity contribution in [3.05, 3.63) is 84.0 Å². The Morgan fingerprint density at radius 2 is 1.15 bits per heavy atom. The lowest BCUT2D eigenvalue weighted by molar-refractivity contribution is 0.173. The molecule has 0 saturated heterocycles. The molecular formula is C23H20O4. The van der Waals surface area contributed by atoms with E-state index in [2.05, 4.69) is 13.2 Å². The van der Waals surface area contributed by atoms with Crippen LogP contribution in [0.2, 0.25) is 0 Å². The van der Waals surface area contributed by atoms with Crippen molar-refractivity contribution in [1.29, 1.82) is 0 Å². The van der Waals surface area contributed by atoms with Crippen LogP contribution in [0.25, 0.3) is 12.2 Å². The zero-order valence-corrected chi connectivity index (χ0v) is 14.9. The number of hydrogen-bond donors (Lipinski definition) is 0. The predicted molar refractivity (Wildman–Crippen MR) is 106 cm³/mol. The second kappa shape index (κ2) is 7.46. The average molecular weight is 360 g/mol. The summed E-state index contributed by atoms with van der Waals surface area (Å²) in [5.41, 5.74) is 4.05. The Labute approximate surface area is 158 Å². The van der Waals surface area contributed by atoms with E-state index in [1.807, 2.05) is 60.7 Å². The molecule has 0 amide bonds. The molecule has 0 aliphatic carbocycles. The molecule has 2 aliphatic rings. The van der Waals surface area contributed by atoms with Gasteiger partial charge in [0.25, 0.3) is 0 Å². The average Bonchev–Trinajstić information content (AvgIpc) is 3.32. The maximum atomic E-state index is 5.39. The van der Waals surface area contributed by atoms with Crippen molar-refractivity contribution in [3.8, 4) is 23.0 Å². The van der Waals surface area contributed by atoms with Gasteiger partial charge in [-0.1, -0.05) is 60.7 Å². The van der Waals surface area contributed by atoms with E-state index < -0.39 is 0 Å². The number of allylic oxidation sites excluding steroid dienone is 4. The van der Waals surface area contributed by atoms with Crippen molar-refractivity contribution in [1.82, 2.24) is 0 Å². The summed E-state index contributed by atoms with van der Waals surface area (Å²) in [6.07, 6.45) is 8.72. The van der Waals surface area contributed by atoms with Crippen molar-refractivity contribution in [3.63, 3.8) is 0 Å². The van der Waals surface area contributed by atoms with E-state index in [-0.39, 0.29) is 13.6 Å². The van der Waals surface area contributed by atoms with E-state index in [1.165, 1.54) is 0 Å². The van der Waals surface area contributed by atoms with Crippen LogP contribution >= 0.6 is 0 Å². The molecule has 0 saturated carbocycles. The van der Waals surface area contributed by atoms with Crippen molar-refractivity contribution in [2.75, 3.05) is 13.6 Å². The largest absolute Gasteiger partial charge is 0.454 e. The summed E-state index contributed by atoms with van der Waals surface area (Å²) in [4.78, 5) is 0. The van der Waals surface area contributed by atoms with Crippen molar-refractivity contribution >= 4 is 12.2 Å². The fraction of sp³-hybridized carbons (Fsp3) is 0.130. The first-order chi connectivity index (χ1) is 13.2. The zero-order chi connectivity index (χ0) is 18.6. The topological polar surface area (TPSA) is 36.9 Å². The minimum Gasteiger partial charge on any atom is -0.454 e. The zero-order valence-electron chi connectivity index (χ0n) is 14.9. The number of fused-ring (bicyclic) bond motifs is 2. The van der Waals surface area contributed by atoms with Crippen molar-refractivity contribution in [2.45, 2.75) is 6.42 Å². The van der Waals surface area contributed by atoms with Crippen LogP contribution in [0.1, 0.15) is 17.5 Å². The molecule has 0 radical (unpaired) electrons. The molecule has 4 rings (SSSR count). The lowest BCUT2D eigenvalue weighted by atomic mass is 10.0. The van der Waals surface area contributed by atoms with Gasteiger partial charge in [0, 0.05) is 0 Å². The first kappa shape index (κ1) is 17.0. The summed E-state index contributed by atoms with van der Waals surface area (Å²) in [7, 11) is 0. The van der Waals surface area contributed by atoms with Crippen LogP contribution in [0.3, 0.4) is 0 Å². The minimum atomic E-state index is 0.282. The van der Waals surface area contributed by atoms with Crippen LogP contribution in [0.5, 0.6) is 23.0 Å². The monoisotopic (exact) mass is 360 g/mol. The first-order valence-corrected chi connectivity index (χ1v) is 8.68. The Morgan fingerprint density at radius 3 is 1.63 bits per heavy atom. The highest BCUT2D eigenvalue weighted by Gasteiger charge is 2.13. The molecule has 0 spiro atoms. The van der Waals surface area contributed by atoms with Gasteiger partial charge >= 0.3 is 0 Å². The molecule has 0 unspecified atom stereocenters. The molecular weight excluding hydrogens is 340 g/mol. The summed E-state index contributed by atoms with van der Waals surface area (Å²) in [6, 6.07) is 11.7. The molecule has 4 heteroatoms. The fourth-order valence-electron chi connectivity index (χ4n) is 2.87. The summed E-state index contributed by atoms with van der Waals surface area (Å²) in [5, 5.41) is 0. The quantitative estimate of drug-likeness (QED) is 0.649. The molecule has 2 aliphatic heterocycles. The summed E-state index contributed by atoms with van der Waals surface area (Å²) in [6.45, 7) is 8.79. The summed E-state index contributed by atoms with van der Waals surface area (Å²) in [5.74, 6) is 3.12. The second-order valence-corrected chi connectivity index (χ2v) is 6.39. The smallest absolute Gasteiger partial charge is 0.231 e. The Morgan fingerprint density at radius 1 is 0.704 bits per heavy atom. The third-order valence-corrected chi connectivity index (χ3v) is 4.27. The van der Waals surface area contributed by atoms with E-state index in [0.29, 0.717) is 6.42 Å². The van der Waals surface area contributed by atoms with Gasteiger partial charge in [-0.2, -0.15) is 0 Å². The highest BCUT2D eigenvalue weighted by Crippen LogP contribution is 2.34. The number of ether oxygens (including phenoxy) is 4. The van der Waals surface area contributed by atoms with Gasteiger partial charge in [0.1, 0.15) is 0 Å². The second-order valence-electron chi connectivity index (χ2n) is 6.39. The van der Waals surface area contributed by atoms with Gasteiger partial charge in [-0.05, 0) is 41.8 Å². The van der Waals surface area contributed by atoms with Crippen LogP contribution in [-0.4, -0.2) is 13.6 Å². The standard InChI is InChI=1S/C23H20O4/c1-16(3-5-18-7-9-20-22(12-18)26-14-24-20)11-17(2)4-6-19-8-10-21-23(13-19)27-15-25-21/h3-10,12-13H,1-2,11,14-15H2/b5-3+,6-4+. The van der Waals surface area contributed by atoms with Crippen LogP contribution in [0, 0.1) is 0 Å². The first-order valence-electron chi connectivity index (χ1n) is 8.68. The van der Waals surface area contributed by atoms with Crippen LogP contribution in [-0.2, 0) is 0 Å². The SMILES string of the molecule is C=C(/C=C/c1ccc2c(c1)OCO2)CC(=C)/C=C/c1ccc2c(c1)OCO2. The van der Waals surface area contributed by atoms with E-state index >= 15 is 0 Å². The molecule has 0 bridgehead atoms. The van der Waals surface area contributed by atoms with Gasteiger partial charge in [-0.3, -0.25) is 0 Å². The molecule has 0 aromatic heterocycles. The maximum absolute atomic E-state index is 5.39. The van der Waals surface area contributed by atoms with E-state index in [1.54, 1.807) is 0 Å². The van der Waals surface area contributed by atoms with Crippen LogP contribution < -0.4 is 18.9 Å². The Bertz CT molecular complexity index is 875. The Balaban J connectivity index is 1.33. The molecule has 2 aromatic carbocycles. The van der Waals surface area contributed by atoms with Crippen molar-refractivity contribution < 1.29 is 18.9 Å². The van der Waals surface area contributed by atoms with Gasteiger partial charge in [-0.15, -0.1) is 0 Å². The highest BCUT2D eigenvalue weighted by atomic mass is 16.7. The van der Waals surface area contributed by atoms with Crippen LogP contribution in [0.15, 0.2) is 72.9 Å². The molecule has 2 heterocycles. The van der Waals surface area contributed by atoms with E-state index in [0.717, 1.165) is 45.3 Å². The number of rotatable bonds is 6. The highest BCUT2D eigenvalue weighted by molar-refractivity contribution is 5.60. The maximum Gasteiger partial charge on any atom is 0.231 e. The Hall–Kier alpha value is -3.40. The molecule has 4 nitrogen and oxygen atoms in total. The van der Waals surface area contributed by atoms with Gasteiger partial charge in [0.2, 0.25) is 13.6 Å². The molecule has 0 N–H and O–H groups in total. The van der Waals surface area contributed by atoms with E-state index in [9.17, 15) is 0 Å². The number of hydrogen-bond acceptors (Lipinski definition) is 4. The molecule has 2 aromatic rings. The minimum absolute atomic E-state index is 0.282. The predicted octanol–water partition coefficient (Wildman–Crippen LogP) is 5.37. The molecule has 27 heavy (non-hydrogen) atoms. The van der Waals surface area contributed by atoms with Gasteiger partial charge in [0.05, 0.1) is 0 Å². The number of benzene rings is 2. The van der Waals surface area contributed by atoms with Crippen molar-refractivity contribution in [2.24, 2.45) is 0 Å². The molecule has 136 valence electrons. The molecule has 0 fully saturated rings. The fourth-order valence-corrected chi connectivity index (χ4v) is 2.87. The normalized spacial score (nSPS) is 14.2. The third-order valence-electron chi connectivity index (χ3n) is 4.27. The van der Waals surface area contributed by atoms with Crippen LogP contribution in [0.4, 0.5) is 0 Å². The van der Waals surface area contributed by atoms with Gasteiger partial charge in [-0.25, -0.2) is 0 Å². The van der Waals surface area contributed by atoms with Gasteiger partial charge < -0.3 is 18.9 Å². The van der Waals surface area contributed by atoms with E-state index in [4.69, 9.17) is 18.9 Å². The van der Waals surface area contributed by atoms with Gasteiger partial charge in [0.15, 0.2) is 23.0 Å². The lowest BCUT2D eigenvalue weighted by Crippen LogP contribution is -1.92. The Kier molecular flexibility index (Phi) is 4.71. The summed E-state index contributed by atoms with van der Waals surface area (Å²) < 4.78 is 21.4.